The zero-order valence-corrected chi connectivity index (χ0v) is 46.0. The Morgan fingerprint density at radius 1 is 0.522 bits per heavy atom. The molecule has 3 atom stereocenters. The van der Waals surface area contributed by atoms with Crippen LogP contribution in [0.2, 0.25) is 0 Å². The predicted molar refractivity (Wildman–Crippen MR) is 288 cm³/mol. The number of nitrogens with zero attached hydrogens (tertiary/aromatic N) is 1. The van der Waals surface area contributed by atoms with Crippen molar-refractivity contribution >= 4 is 13.7 Å². The number of nitrogens with one attached hydrogen (secondary N) is 1. The van der Waals surface area contributed by atoms with E-state index in [2.05, 4.69) is 43.5 Å². The summed E-state index contributed by atoms with van der Waals surface area (Å²) in [5.74, 6) is -0.194. The number of unbranched alkanes of at least 4 members (excludes halogenated alkanes) is 36. The molecule has 396 valence electrons. The average molecular weight is 966 g/mol. The highest BCUT2D eigenvalue weighted by Crippen LogP contribution is 2.38. The van der Waals surface area contributed by atoms with Gasteiger partial charge in [0, 0.05) is 6.42 Å². The Hall–Kier alpha value is -1.28. The number of hydrogen-bond acceptors (Lipinski definition) is 6. The Kier molecular flexibility index (Phi) is 48.7. The predicted octanol–water partition coefficient (Wildman–Crippen LogP) is 16.7. The van der Waals surface area contributed by atoms with Crippen LogP contribution in [-0.2, 0) is 18.4 Å². The van der Waals surface area contributed by atoms with Gasteiger partial charge in [-0.05, 0) is 51.4 Å². The Morgan fingerprint density at radius 3 is 1.24 bits per heavy atom. The molecule has 9 heteroatoms. The van der Waals surface area contributed by atoms with Crippen LogP contribution in [0, 0.1) is 0 Å². The summed E-state index contributed by atoms with van der Waals surface area (Å²) in [5, 5.41) is 13.8. The molecule has 67 heavy (non-hydrogen) atoms. The summed E-state index contributed by atoms with van der Waals surface area (Å²) >= 11 is 0. The van der Waals surface area contributed by atoms with E-state index in [0.29, 0.717) is 17.4 Å². The molecule has 0 aliphatic rings. The van der Waals surface area contributed by atoms with Crippen molar-refractivity contribution < 1.29 is 32.9 Å². The van der Waals surface area contributed by atoms with Crippen LogP contribution in [0.4, 0.5) is 0 Å². The zero-order chi connectivity index (χ0) is 49.2. The molecule has 0 aromatic rings. The van der Waals surface area contributed by atoms with E-state index in [9.17, 15) is 19.4 Å². The molecule has 0 aliphatic heterocycles. The third-order valence-corrected chi connectivity index (χ3v) is 14.1. The number of phosphoric ester groups is 1. The third kappa shape index (κ3) is 52.4. The number of aliphatic hydroxyl groups is 1. The number of aliphatic hydroxyl groups excluding tert-OH is 1. The first-order chi connectivity index (χ1) is 32.5. The number of allylic oxidation sites excluding steroid dienone is 5. The lowest BCUT2D eigenvalue weighted by atomic mass is 10.0. The molecule has 0 bridgehead atoms. The maximum absolute atomic E-state index is 12.9. The zero-order valence-electron chi connectivity index (χ0n) is 45.1. The maximum Gasteiger partial charge on any atom is 0.268 e. The molecule has 0 aromatic heterocycles. The number of amides is 1. The number of quaternary nitrogens is 1. The fraction of sp³-hybridized carbons (Fsp3) is 0.879. The van der Waals surface area contributed by atoms with E-state index in [1.165, 1.54) is 212 Å². The summed E-state index contributed by atoms with van der Waals surface area (Å²) in [6, 6.07) is -0.883. The summed E-state index contributed by atoms with van der Waals surface area (Å²) in [4.78, 5) is 25.4. The molecule has 0 spiro atoms. The number of carbonyl (C=O) groups is 1. The van der Waals surface area contributed by atoms with Crippen molar-refractivity contribution in [2.24, 2.45) is 0 Å². The van der Waals surface area contributed by atoms with E-state index in [4.69, 9.17) is 9.05 Å². The number of likely N-dealkylation sites (N-methyl/N-ethyl adjacent to an activating group) is 1. The van der Waals surface area contributed by atoms with Crippen molar-refractivity contribution in [2.45, 2.75) is 289 Å². The largest absolute Gasteiger partial charge is 0.756 e. The third-order valence-electron chi connectivity index (χ3n) is 13.1. The topological polar surface area (TPSA) is 108 Å². The van der Waals surface area contributed by atoms with E-state index in [1.807, 2.05) is 27.2 Å². The van der Waals surface area contributed by atoms with E-state index in [1.54, 1.807) is 6.08 Å². The quantitative estimate of drug-likeness (QED) is 0.0272. The lowest BCUT2D eigenvalue weighted by molar-refractivity contribution is -0.870. The van der Waals surface area contributed by atoms with Gasteiger partial charge < -0.3 is 28.8 Å². The van der Waals surface area contributed by atoms with Gasteiger partial charge in [-0.3, -0.25) is 9.36 Å². The van der Waals surface area contributed by atoms with Crippen molar-refractivity contribution in [1.29, 1.82) is 0 Å². The summed E-state index contributed by atoms with van der Waals surface area (Å²) in [7, 11) is 1.27. The number of carbonyl (C=O) groups excluding carboxylic acids is 1. The van der Waals surface area contributed by atoms with Crippen LogP contribution in [0.1, 0.15) is 277 Å². The van der Waals surface area contributed by atoms with Gasteiger partial charge in [-0.1, -0.05) is 256 Å². The standard InChI is InChI=1S/C58H113N2O6P/c1-6-8-10-12-14-16-18-20-21-22-23-24-25-26-27-28-29-30-31-32-33-34-35-36-37-38-39-40-42-44-46-48-50-52-58(62)59-56(55-66-67(63,64)65-54-53-60(3,4)5)57(61)51-49-47-45-43-41-19-17-15-13-11-9-7-2/h18,20,22-23,49,51,56-57,61H,6-17,19,21,24-48,50,52-55H2,1-5H3,(H-,59,62,63,64)/b20-18-,23-22-,51-49+. The normalized spacial score (nSPS) is 14.2. The van der Waals surface area contributed by atoms with Crippen LogP contribution in [0.3, 0.4) is 0 Å². The molecule has 8 nitrogen and oxygen atoms in total. The van der Waals surface area contributed by atoms with Crippen molar-refractivity contribution in [3.05, 3.63) is 36.5 Å². The molecule has 0 rings (SSSR count). The van der Waals surface area contributed by atoms with Crippen molar-refractivity contribution in [3.8, 4) is 0 Å². The number of phosphoric acid groups is 1. The van der Waals surface area contributed by atoms with E-state index >= 15 is 0 Å². The first-order valence-electron chi connectivity index (χ1n) is 28.9. The second-order valence-electron chi connectivity index (χ2n) is 21.0. The summed E-state index contributed by atoms with van der Waals surface area (Å²) < 4.78 is 23.3. The average Bonchev–Trinajstić information content (AvgIpc) is 3.29. The minimum atomic E-state index is -4.59. The van der Waals surface area contributed by atoms with Crippen LogP contribution in [0.25, 0.3) is 0 Å². The molecule has 3 unspecified atom stereocenters. The highest BCUT2D eigenvalue weighted by atomic mass is 31.2. The molecular weight excluding hydrogens is 852 g/mol. The number of rotatable bonds is 53. The van der Waals surface area contributed by atoms with Gasteiger partial charge in [-0.2, -0.15) is 0 Å². The van der Waals surface area contributed by atoms with E-state index in [-0.39, 0.29) is 19.1 Å². The van der Waals surface area contributed by atoms with Gasteiger partial charge in [0.25, 0.3) is 7.82 Å². The number of hydrogen-bond donors (Lipinski definition) is 2. The van der Waals surface area contributed by atoms with Gasteiger partial charge in [0.1, 0.15) is 13.2 Å². The van der Waals surface area contributed by atoms with Crippen molar-refractivity contribution in [3.63, 3.8) is 0 Å². The molecule has 0 aliphatic carbocycles. The van der Waals surface area contributed by atoms with Gasteiger partial charge >= 0.3 is 0 Å². The molecule has 2 N–H and O–H groups in total. The molecule has 0 saturated carbocycles. The van der Waals surface area contributed by atoms with Gasteiger partial charge in [0.15, 0.2) is 0 Å². The molecule has 0 aromatic carbocycles. The Morgan fingerprint density at radius 2 is 0.866 bits per heavy atom. The Labute approximate surface area is 417 Å². The first kappa shape index (κ1) is 65.7. The molecule has 0 saturated heterocycles. The van der Waals surface area contributed by atoms with Crippen LogP contribution in [0.15, 0.2) is 36.5 Å². The molecule has 0 fully saturated rings. The summed E-state index contributed by atoms with van der Waals surface area (Å²) in [5.41, 5.74) is 0. The molecular formula is C58H113N2O6P. The fourth-order valence-electron chi connectivity index (χ4n) is 8.54. The lowest BCUT2D eigenvalue weighted by Crippen LogP contribution is -2.45. The van der Waals surface area contributed by atoms with Crippen molar-refractivity contribution in [1.82, 2.24) is 5.32 Å². The summed E-state index contributed by atoms with van der Waals surface area (Å²) in [6.45, 7) is 4.65. The van der Waals surface area contributed by atoms with Crippen LogP contribution in [-0.4, -0.2) is 68.5 Å². The molecule has 1 amide bonds. The van der Waals surface area contributed by atoms with Gasteiger partial charge in [-0.15, -0.1) is 0 Å². The molecule has 0 heterocycles. The van der Waals surface area contributed by atoms with Gasteiger partial charge in [0.05, 0.1) is 39.9 Å². The van der Waals surface area contributed by atoms with Gasteiger partial charge in [-0.25, -0.2) is 0 Å². The van der Waals surface area contributed by atoms with E-state index in [0.717, 1.165) is 44.9 Å². The lowest BCUT2D eigenvalue weighted by Gasteiger charge is -2.29. The smallest absolute Gasteiger partial charge is 0.268 e. The highest BCUT2D eigenvalue weighted by molar-refractivity contribution is 7.45. The minimum absolute atomic E-state index is 0.000584. The monoisotopic (exact) mass is 965 g/mol. The fourth-order valence-corrected chi connectivity index (χ4v) is 9.26. The van der Waals surface area contributed by atoms with Crippen LogP contribution in [0.5, 0.6) is 0 Å². The Bertz CT molecular complexity index is 1190. The maximum atomic E-state index is 12.9. The van der Waals surface area contributed by atoms with Gasteiger partial charge in [0.2, 0.25) is 5.91 Å². The molecule has 0 radical (unpaired) electrons. The van der Waals surface area contributed by atoms with E-state index < -0.39 is 20.0 Å². The highest BCUT2D eigenvalue weighted by Gasteiger charge is 2.23. The summed E-state index contributed by atoms with van der Waals surface area (Å²) in [6.07, 6.45) is 63.8. The van der Waals surface area contributed by atoms with Crippen LogP contribution < -0.4 is 10.2 Å². The van der Waals surface area contributed by atoms with Crippen molar-refractivity contribution in [2.75, 3.05) is 40.9 Å². The second-order valence-corrected chi connectivity index (χ2v) is 22.4. The van der Waals surface area contributed by atoms with Crippen LogP contribution >= 0.6 is 7.82 Å². The SMILES string of the molecule is CCCCCCC/C=C\C/C=C\CCCCCCCCCCCCCCCCCCCCCCCC(=O)NC(COP(=O)([O-])OCC[N+](C)(C)C)C(O)/C=C/CCCCCCCCCCCC. The minimum Gasteiger partial charge on any atom is -0.756 e. The Balaban J connectivity index is 3.97. The second kappa shape index (κ2) is 49.7. The first-order valence-corrected chi connectivity index (χ1v) is 30.3.